The predicted octanol–water partition coefficient (Wildman–Crippen LogP) is 7.52. The Hall–Kier alpha value is -3.46. The number of ketones is 1. The molecule has 4 rings (SSSR count). The van der Waals surface area contributed by atoms with Crippen LogP contribution in [0.15, 0.2) is 54.7 Å². The largest absolute Gasteiger partial charge is 0.497 e. The molecule has 4 aromatic rings. The molecule has 2 aromatic heterocycles. The summed E-state index contributed by atoms with van der Waals surface area (Å²) < 4.78 is 23.7. The summed E-state index contributed by atoms with van der Waals surface area (Å²) in [5, 5.41) is 10.4. The van der Waals surface area contributed by atoms with Crippen LogP contribution in [0.2, 0.25) is 10.0 Å². The summed E-state index contributed by atoms with van der Waals surface area (Å²) in [5.74, 6) is 1.62. The quantitative estimate of drug-likeness (QED) is 0.126. The molecule has 14 heteroatoms. The lowest BCUT2D eigenvalue weighted by Gasteiger charge is -2.14. The zero-order valence-corrected chi connectivity index (χ0v) is 28.5. The second-order valence-electron chi connectivity index (χ2n) is 10.2. The van der Waals surface area contributed by atoms with Crippen molar-refractivity contribution in [2.75, 3.05) is 36.4 Å². The number of rotatable bonds is 10. The number of aromatic nitrogens is 4. The average Bonchev–Trinajstić information content (AvgIpc) is 3.42. The third kappa shape index (κ3) is 9.27. The Balaban J connectivity index is 0.00000177. The average molecular weight is 756 g/mol. The third-order valence-corrected chi connectivity index (χ3v) is 6.75. The van der Waals surface area contributed by atoms with Crippen molar-refractivity contribution < 1.29 is 25.2 Å². The van der Waals surface area contributed by atoms with E-state index in [-0.39, 0.29) is 57.4 Å². The molecule has 0 atom stereocenters. The van der Waals surface area contributed by atoms with Gasteiger partial charge in [-0.1, -0.05) is 66.6 Å². The first kappa shape index (κ1) is 33.4. The summed E-state index contributed by atoms with van der Waals surface area (Å²) in [4.78, 5) is 33.7. The maximum Gasteiger partial charge on any atom is 0.324 e. The van der Waals surface area contributed by atoms with Crippen LogP contribution in [-0.2, 0) is 21.4 Å². The first-order chi connectivity index (χ1) is 21.4. The van der Waals surface area contributed by atoms with E-state index in [0.29, 0.717) is 16.5 Å². The van der Waals surface area contributed by atoms with Crippen LogP contribution in [0.5, 0.6) is 17.4 Å². The van der Waals surface area contributed by atoms with E-state index >= 15 is 0 Å². The van der Waals surface area contributed by atoms with Crippen molar-refractivity contribution in [1.29, 1.82) is 0 Å². The Labute approximate surface area is 281 Å². The van der Waals surface area contributed by atoms with Crippen LogP contribution < -0.4 is 20.1 Å². The monoisotopic (exact) mass is 755 g/mol. The van der Waals surface area contributed by atoms with E-state index in [0.717, 1.165) is 11.4 Å². The Morgan fingerprint density at radius 3 is 2.39 bits per heavy atom. The molecular formula is C30H33Cl2IN6O5. The van der Waals surface area contributed by atoms with Crippen LogP contribution >= 0.6 is 45.8 Å². The molecule has 0 saturated heterocycles. The van der Waals surface area contributed by atoms with Crippen molar-refractivity contribution in [3.05, 3.63) is 76.3 Å². The van der Waals surface area contributed by atoms with Gasteiger partial charge in [0.05, 0.1) is 35.6 Å². The van der Waals surface area contributed by atoms with E-state index in [1.54, 1.807) is 23.9 Å². The summed E-state index contributed by atoms with van der Waals surface area (Å²) in [6, 6.07) is 13.2. The third-order valence-electron chi connectivity index (χ3n) is 5.89. The first-order valence-corrected chi connectivity index (χ1v) is 15.3. The van der Waals surface area contributed by atoms with E-state index in [4.69, 9.17) is 43.9 Å². The minimum atomic E-state index is -0.557. The Kier molecular flexibility index (Phi) is 12.2. The van der Waals surface area contributed by atoms with Crippen molar-refractivity contribution in [3.8, 4) is 23.1 Å². The summed E-state index contributed by atoms with van der Waals surface area (Å²) in [6.07, 6.45) is 1.46. The van der Waals surface area contributed by atoms with Gasteiger partial charge in [-0.2, -0.15) is 10.1 Å². The molecule has 0 bridgehead atoms. The molecule has 0 fully saturated rings. The lowest BCUT2D eigenvalue weighted by atomic mass is 9.92. The number of halogens is 3. The van der Waals surface area contributed by atoms with E-state index in [2.05, 4.69) is 20.6 Å². The first-order valence-electron chi connectivity index (χ1n) is 13.8. The molecule has 2 heterocycles. The number of hydrogen-bond acceptors (Lipinski definition) is 8. The maximum atomic E-state index is 13.1. The Bertz CT molecular complexity index is 1620. The minimum absolute atomic E-state index is 0.00783. The topological polar surface area (TPSA) is 129 Å². The van der Waals surface area contributed by atoms with Crippen molar-refractivity contribution in [1.82, 2.24) is 19.7 Å². The fourth-order valence-corrected chi connectivity index (χ4v) is 4.16. The van der Waals surface area contributed by atoms with E-state index in [1.807, 2.05) is 73.7 Å². The van der Waals surface area contributed by atoms with E-state index in [1.165, 1.54) is 19.4 Å². The number of alkyl halides is 1. The number of methoxy groups -OCH3 is 2. The zero-order valence-electron chi connectivity index (χ0n) is 25.8. The molecule has 0 aliphatic carbocycles. The number of amides is 2. The number of Topliss-reactive ketones (excluding diaryl/α,β-unsaturated/α-hetero) is 1. The fourth-order valence-electron chi connectivity index (χ4n) is 3.76. The highest BCUT2D eigenvalue weighted by atomic mass is 127. The molecule has 2 amide bonds. The van der Waals surface area contributed by atoms with E-state index < -0.39 is 6.03 Å². The highest BCUT2D eigenvalue weighted by molar-refractivity contribution is 14.1. The molecule has 0 radical (unpaired) electrons. The Morgan fingerprint density at radius 1 is 1.05 bits per heavy atom. The minimum Gasteiger partial charge on any atom is -0.497 e. The molecule has 0 aliphatic rings. The summed E-state index contributed by atoms with van der Waals surface area (Å²) in [6.45, 7) is 6.06. The van der Waals surface area contributed by atoms with Crippen molar-refractivity contribution >= 4 is 69.1 Å². The molecule has 0 unspecified atom stereocenters. The van der Waals surface area contributed by atoms with Crippen LogP contribution in [0, 0.1) is 0 Å². The fraction of sp³-hybridized carbons (Fsp3) is 0.300. The van der Waals surface area contributed by atoms with Crippen molar-refractivity contribution in [2.24, 2.45) is 0 Å². The highest BCUT2D eigenvalue weighted by Crippen LogP contribution is 2.39. The normalized spacial score (nSPS) is 11.1. The van der Waals surface area contributed by atoms with Gasteiger partial charge in [0.2, 0.25) is 5.88 Å². The molecule has 2 aromatic carbocycles. The van der Waals surface area contributed by atoms with Crippen LogP contribution in [-0.4, -0.2) is 57.3 Å². The number of nitrogens with zero attached hydrogens (tertiary/aromatic N) is 4. The molecule has 0 aliphatic heterocycles. The van der Waals surface area contributed by atoms with Gasteiger partial charge in [-0.3, -0.25) is 10.1 Å². The smallest absolute Gasteiger partial charge is 0.324 e. The van der Waals surface area contributed by atoms with Gasteiger partial charge in [0, 0.05) is 32.2 Å². The van der Waals surface area contributed by atoms with Gasteiger partial charge in [0.1, 0.15) is 34.8 Å². The van der Waals surface area contributed by atoms with Crippen LogP contribution in [0.4, 0.5) is 16.3 Å². The Morgan fingerprint density at radius 2 is 1.75 bits per heavy atom. The summed E-state index contributed by atoms with van der Waals surface area (Å²) in [5.41, 5.74) is 1.51. The lowest BCUT2D eigenvalue weighted by Crippen LogP contribution is -2.21. The number of urea groups is 1. The highest BCUT2D eigenvalue weighted by Gasteiger charge is 2.22. The van der Waals surface area contributed by atoms with Gasteiger partial charge < -0.3 is 19.5 Å². The summed E-state index contributed by atoms with van der Waals surface area (Å²) in [7, 11) is 3.03. The van der Waals surface area contributed by atoms with Gasteiger partial charge in [-0.15, -0.1) is 0 Å². The van der Waals surface area contributed by atoms with Crippen LogP contribution in [0.25, 0.3) is 5.69 Å². The number of carbonyl (C=O) groups is 2. The van der Waals surface area contributed by atoms with Crippen LogP contribution in [0.3, 0.4) is 0 Å². The number of benzene rings is 2. The standard InChI is InChI=1S/C29H30Cl2N6O5.CH3I/c1-29(2,3)22-15-24(37(36-22)17-6-8-19(41-5)9-7-17)35-28(39)33-20-10-11-21(27(31)26(20)30)42-25-12-13-32-23(34-25)14-18(38)16-40-4;1-2/h6-13,15H,14,16H2,1-5H3,(H2,33,35,39);1H3/i;1D. The van der Waals surface area contributed by atoms with E-state index in [9.17, 15) is 9.59 Å². The van der Waals surface area contributed by atoms with Crippen molar-refractivity contribution in [3.63, 3.8) is 0 Å². The number of nitrogens with one attached hydrogen (secondary N) is 2. The SMILES string of the molecule is COCC(=O)Cc1nccc(Oc2ccc(NC(=O)Nc3cc(C(C)(C)C)nn3-c3ccc(OC)cc3)c(Cl)c2Cl)n1.[2H]CI. The van der Waals surface area contributed by atoms with Gasteiger partial charge in [0.15, 0.2) is 5.78 Å². The van der Waals surface area contributed by atoms with Crippen molar-refractivity contribution in [2.45, 2.75) is 32.6 Å². The van der Waals surface area contributed by atoms with Gasteiger partial charge in [-0.25, -0.2) is 14.5 Å². The molecule has 234 valence electrons. The molecule has 44 heavy (non-hydrogen) atoms. The van der Waals surface area contributed by atoms with Gasteiger partial charge in [-0.05, 0) is 41.3 Å². The second kappa shape index (κ2) is 16.0. The molecule has 0 saturated carbocycles. The second-order valence-corrected chi connectivity index (χ2v) is 10.9. The number of carbonyl (C=O) groups excluding carboxylic acids is 2. The zero-order chi connectivity index (χ0) is 33.1. The van der Waals surface area contributed by atoms with Gasteiger partial charge >= 0.3 is 6.03 Å². The molecule has 0 spiro atoms. The molecule has 11 nitrogen and oxygen atoms in total. The summed E-state index contributed by atoms with van der Waals surface area (Å²) >= 11 is 14.9. The number of ether oxygens (including phenoxy) is 3. The van der Waals surface area contributed by atoms with Gasteiger partial charge in [0.25, 0.3) is 0 Å². The lowest BCUT2D eigenvalue weighted by molar-refractivity contribution is -0.122. The van der Waals surface area contributed by atoms with Crippen LogP contribution in [0.1, 0.15) is 33.7 Å². The number of anilines is 2. The molecular weight excluding hydrogens is 722 g/mol. The molecule has 2 N–H and O–H groups in total. The number of hydrogen-bond donors (Lipinski definition) is 2. The maximum absolute atomic E-state index is 13.1. The predicted molar refractivity (Wildman–Crippen MR) is 181 cm³/mol.